The molecule has 212 valence electrons. The summed E-state index contributed by atoms with van der Waals surface area (Å²) < 4.78 is 29.0. The monoisotopic (exact) mass is 594 g/mol. The molecule has 10 rings (SSSR count). The smallest absolute Gasteiger partial charge is 0.208 e. The molecular formula is C42H26O2S. The number of allylic oxidation sites excluding steroid dienone is 3. The summed E-state index contributed by atoms with van der Waals surface area (Å²) in [6, 6.07) is 55.0. The zero-order chi connectivity index (χ0) is 30.0. The molecule has 0 saturated carbocycles. The second kappa shape index (κ2) is 8.47. The Hall–Kier alpha value is -5.25. The van der Waals surface area contributed by atoms with Crippen molar-refractivity contribution >= 4 is 31.5 Å². The Kier molecular flexibility index (Phi) is 4.73. The minimum atomic E-state index is -3.74. The van der Waals surface area contributed by atoms with Crippen LogP contribution in [-0.4, -0.2) is 8.42 Å². The first kappa shape index (κ1) is 25.1. The van der Waals surface area contributed by atoms with Crippen molar-refractivity contribution in [1.82, 2.24) is 0 Å². The van der Waals surface area contributed by atoms with Crippen molar-refractivity contribution in [2.24, 2.45) is 0 Å². The quantitative estimate of drug-likeness (QED) is 0.201. The van der Waals surface area contributed by atoms with E-state index in [0.29, 0.717) is 9.80 Å². The Morgan fingerprint density at radius 3 is 1.33 bits per heavy atom. The van der Waals surface area contributed by atoms with E-state index in [0.717, 1.165) is 27.8 Å². The highest BCUT2D eigenvalue weighted by molar-refractivity contribution is 8.01. The molecule has 1 heterocycles. The Balaban J connectivity index is 1.48. The molecule has 6 aromatic carbocycles. The first-order valence-corrected chi connectivity index (χ1v) is 16.9. The van der Waals surface area contributed by atoms with Crippen LogP contribution in [0.25, 0.3) is 21.6 Å². The van der Waals surface area contributed by atoms with Gasteiger partial charge in [0.2, 0.25) is 9.84 Å². The van der Waals surface area contributed by atoms with Crippen molar-refractivity contribution in [3.8, 4) is 0 Å². The summed E-state index contributed by atoms with van der Waals surface area (Å²) in [5.74, 6) is 0. The molecule has 3 aliphatic carbocycles. The Morgan fingerprint density at radius 1 is 0.356 bits per heavy atom. The van der Waals surface area contributed by atoms with E-state index in [4.69, 9.17) is 0 Å². The molecule has 0 N–H and O–H groups in total. The molecule has 45 heavy (non-hydrogen) atoms. The maximum atomic E-state index is 14.5. The minimum Gasteiger partial charge on any atom is -0.218 e. The highest BCUT2D eigenvalue weighted by atomic mass is 32.2. The van der Waals surface area contributed by atoms with Gasteiger partial charge in [-0.05, 0) is 72.9 Å². The van der Waals surface area contributed by atoms with Gasteiger partial charge in [0.25, 0.3) is 0 Å². The van der Waals surface area contributed by atoms with Crippen molar-refractivity contribution in [2.75, 3.05) is 0 Å². The van der Waals surface area contributed by atoms with Crippen LogP contribution < -0.4 is 0 Å². The minimum absolute atomic E-state index is 0.402. The van der Waals surface area contributed by atoms with Crippen LogP contribution in [0, 0.1) is 0 Å². The summed E-state index contributed by atoms with van der Waals surface area (Å²) in [6.07, 6.45) is 0. The van der Waals surface area contributed by atoms with Gasteiger partial charge in [-0.25, -0.2) is 8.42 Å². The summed E-state index contributed by atoms with van der Waals surface area (Å²) in [5.41, 5.74) is 11.7. The third-order valence-corrected chi connectivity index (χ3v) is 12.4. The lowest BCUT2D eigenvalue weighted by atomic mass is 9.64. The van der Waals surface area contributed by atoms with E-state index in [1.165, 1.54) is 39.0 Å². The standard InChI is InChI=1S/C42H26O2S/c43-45(44)36-26-14-10-22-32(36)39-40(45)31-21-9-13-25-35(31)42(39)34-24-12-8-20-30(34)37-38(42)29-19-7-11-23-33(29)41(37,27-15-3-1-4-16-27)28-17-5-2-6-18-28/h1-26H/t42-/m1/s1. The predicted octanol–water partition coefficient (Wildman–Crippen LogP) is 8.91. The Bertz CT molecular complexity index is 2390. The molecule has 0 radical (unpaired) electrons. The molecule has 0 amide bonds. The van der Waals surface area contributed by atoms with E-state index in [2.05, 4.69) is 121 Å². The van der Waals surface area contributed by atoms with E-state index >= 15 is 0 Å². The summed E-state index contributed by atoms with van der Waals surface area (Å²) in [4.78, 5) is 0.858. The highest BCUT2D eigenvalue weighted by Gasteiger charge is 2.64. The van der Waals surface area contributed by atoms with Gasteiger partial charge in [-0.3, -0.25) is 0 Å². The lowest BCUT2D eigenvalue weighted by Crippen LogP contribution is -2.29. The van der Waals surface area contributed by atoms with Crippen LogP contribution in [0.1, 0.15) is 50.1 Å². The van der Waals surface area contributed by atoms with E-state index < -0.39 is 20.7 Å². The van der Waals surface area contributed by atoms with Crippen LogP contribution in [-0.2, 0) is 20.7 Å². The van der Waals surface area contributed by atoms with Gasteiger partial charge in [0.05, 0.1) is 20.6 Å². The SMILES string of the molecule is O=S1(=O)C2=C(c3ccccc31)[C@@]1(C3=C(c4ccccc41)C(c1ccccc1)(c1ccccc1)c1ccccc13)c1ccccc12. The zero-order valence-electron chi connectivity index (χ0n) is 24.2. The summed E-state index contributed by atoms with van der Waals surface area (Å²) in [7, 11) is -3.74. The molecule has 3 heteroatoms. The molecule has 1 aliphatic heterocycles. The molecule has 0 fully saturated rings. The zero-order valence-corrected chi connectivity index (χ0v) is 25.1. The molecule has 2 nitrogen and oxygen atoms in total. The Morgan fingerprint density at radius 2 is 0.756 bits per heavy atom. The van der Waals surface area contributed by atoms with Crippen molar-refractivity contribution in [3.05, 3.63) is 208 Å². The van der Waals surface area contributed by atoms with Gasteiger partial charge < -0.3 is 0 Å². The van der Waals surface area contributed by atoms with Gasteiger partial charge in [0, 0.05) is 0 Å². The van der Waals surface area contributed by atoms with E-state index in [1.54, 1.807) is 6.07 Å². The predicted molar refractivity (Wildman–Crippen MR) is 180 cm³/mol. The van der Waals surface area contributed by atoms with Crippen molar-refractivity contribution < 1.29 is 8.42 Å². The molecule has 1 spiro atoms. The van der Waals surface area contributed by atoms with Crippen LogP contribution in [0.5, 0.6) is 0 Å². The number of hydrogen-bond acceptors (Lipinski definition) is 2. The average Bonchev–Trinajstić information content (AvgIpc) is 3.76. The Labute approximate surface area is 262 Å². The van der Waals surface area contributed by atoms with E-state index in [1.807, 2.05) is 30.3 Å². The third-order valence-electron chi connectivity index (χ3n) is 10.5. The molecule has 0 bridgehead atoms. The number of benzene rings is 6. The number of fused-ring (bicyclic) bond motifs is 12. The maximum absolute atomic E-state index is 14.5. The largest absolute Gasteiger partial charge is 0.218 e. The van der Waals surface area contributed by atoms with Crippen molar-refractivity contribution in [3.63, 3.8) is 0 Å². The molecule has 1 atom stereocenters. The summed E-state index contributed by atoms with van der Waals surface area (Å²) >= 11 is 0. The summed E-state index contributed by atoms with van der Waals surface area (Å²) in [6.45, 7) is 0. The van der Waals surface area contributed by atoms with Crippen molar-refractivity contribution in [1.29, 1.82) is 0 Å². The fraction of sp³-hybridized carbons (Fsp3) is 0.0476. The lowest BCUT2D eigenvalue weighted by molar-refractivity contribution is 0.606. The summed E-state index contributed by atoms with van der Waals surface area (Å²) in [5, 5.41) is 0. The van der Waals surface area contributed by atoms with Gasteiger partial charge in [-0.1, -0.05) is 152 Å². The molecule has 0 saturated heterocycles. The molecule has 0 unspecified atom stereocenters. The fourth-order valence-electron chi connectivity index (χ4n) is 9.12. The third kappa shape index (κ3) is 2.72. The molecule has 0 aromatic heterocycles. The molecular weight excluding hydrogens is 569 g/mol. The molecule has 4 aliphatic rings. The van der Waals surface area contributed by atoms with Crippen LogP contribution in [0.15, 0.2) is 163 Å². The first-order valence-electron chi connectivity index (χ1n) is 15.4. The normalized spacial score (nSPS) is 20.4. The van der Waals surface area contributed by atoms with Gasteiger partial charge in [-0.15, -0.1) is 0 Å². The van der Waals surface area contributed by atoms with Gasteiger partial charge in [-0.2, -0.15) is 0 Å². The second-order valence-corrected chi connectivity index (χ2v) is 14.2. The van der Waals surface area contributed by atoms with E-state index in [9.17, 15) is 8.42 Å². The van der Waals surface area contributed by atoms with Gasteiger partial charge >= 0.3 is 0 Å². The topological polar surface area (TPSA) is 34.1 Å². The van der Waals surface area contributed by atoms with Crippen LogP contribution >= 0.6 is 0 Å². The maximum Gasteiger partial charge on any atom is 0.208 e. The van der Waals surface area contributed by atoms with Gasteiger partial charge in [0.1, 0.15) is 0 Å². The van der Waals surface area contributed by atoms with E-state index in [-0.39, 0.29) is 0 Å². The number of rotatable bonds is 2. The van der Waals surface area contributed by atoms with Crippen molar-refractivity contribution in [2.45, 2.75) is 15.7 Å². The van der Waals surface area contributed by atoms with Crippen LogP contribution in [0.4, 0.5) is 0 Å². The lowest BCUT2D eigenvalue weighted by Gasteiger charge is -2.37. The van der Waals surface area contributed by atoms with Crippen LogP contribution in [0.3, 0.4) is 0 Å². The number of hydrogen-bond donors (Lipinski definition) is 0. The molecule has 6 aromatic rings. The number of sulfone groups is 1. The average molecular weight is 595 g/mol. The van der Waals surface area contributed by atoms with Gasteiger partial charge in [0.15, 0.2) is 0 Å². The van der Waals surface area contributed by atoms with Crippen LogP contribution in [0.2, 0.25) is 0 Å². The first-order chi connectivity index (χ1) is 22.1. The highest BCUT2D eigenvalue weighted by Crippen LogP contribution is 2.75. The fourth-order valence-corrected chi connectivity index (χ4v) is 11.1. The second-order valence-electron chi connectivity index (χ2n) is 12.3.